The molecule has 0 amide bonds. The van der Waals surface area contributed by atoms with Crippen LogP contribution in [0.4, 0.5) is 0 Å². The zero-order valence-corrected chi connectivity index (χ0v) is 40.2. The molecule has 4 aliphatic heterocycles. The van der Waals surface area contributed by atoms with Crippen molar-refractivity contribution in [2.45, 2.75) is 209 Å². The van der Waals surface area contributed by atoms with Gasteiger partial charge in [-0.05, 0) is 98.2 Å². The maximum absolute atomic E-state index is 12.6. The zero-order chi connectivity index (χ0) is 49.5. The van der Waals surface area contributed by atoms with Gasteiger partial charge >= 0.3 is 0 Å². The SMILES string of the molecule is C[C@H](CO[C@@H]1O[C@@H](CO)[C@H](O)[C@@H](O)[C@@H]1O)[C@@H]1CC[C@@]2(CC[C@]3(C)[C@@H](CC[C@@H]4[C@@]5(C)CC[C@@H](O[C@@H]6O[C@@H](CO)[C@H](O)[C@@H](O)[C@@H]6O[C@@H]6O[C@@H](CO)[C@H](O)[C@@H](O)[C@@H]6O)[C@@](C)(CO)[C@H]5CC[C@]43C)[C@@H]2O)CO1. The Morgan fingerprint density at radius 1 is 0.544 bits per heavy atom. The van der Waals surface area contributed by atoms with E-state index in [1.807, 2.05) is 13.8 Å². The Labute approximate surface area is 398 Å². The second-order valence-corrected chi connectivity index (χ2v) is 23.2. The van der Waals surface area contributed by atoms with Crippen LogP contribution in [0.1, 0.15) is 98.8 Å². The molecule has 4 saturated heterocycles. The van der Waals surface area contributed by atoms with E-state index in [0.29, 0.717) is 19.4 Å². The summed E-state index contributed by atoms with van der Waals surface area (Å²) in [5.74, 6) is 0.159. The molecule has 0 aromatic heterocycles. The second-order valence-electron chi connectivity index (χ2n) is 23.2. The first-order chi connectivity index (χ1) is 32.1. The molecule has 0 radical (unpaired) electrons. The van der Waals surface area contributed by atoms with Crippen molar-refractivity contribution in [3.63, 3.8) is 0 Å². The van der Waals surface area contributed by atoms with Gasteiger partial charge in [-0.25, -0.2) is 0 Å². The Morgan fingerprint density at radius 3 is 1.72 bits per heavy atom. The fraction of sp³-hybridized carbons (Fsp3) is 1.00. The first kappa shape index (κ1) is 53.5. The van der Waals surface area contributed by atoms with Crippen LogP contribution >= 0.6 is 0 Å². The van der Waals surface area contributed by atoms with Crippen molar-refractivity contribution >= 4 is 0 Å². The van der Waals surface area contributed by atoms with Crippen molar-refractivity contribution in [1.29, 1.82) is 0 Å². The molecule has 68 heavy (non-hydrogen) atoms. The van der Waals surface area contributed by atoms with Crippen molar-refractivity contribution in [1.82, 2.24) is 0 Å². The maximum Gasteiger partial charge on any atom is 0.187 e. The van der Waals surface area contributed by atoms with Crippen LogP contribution < -0.4 is 0 Å². The first-order valence-electron chi connectivity index (χ1n) is 25.2. The van der Waals surface area contributed by atoms with Crippen LogP contribution in [-0.2, 0) is 33.2 Å². The van der Waals surface area contributed by atoms with E-state index in [2.05, 4.69) is 20.8 Å². The number of aliphatic hydroxyl groups is 13. The Morgan fingerprint density at radius 2 is 1.13 bits per heavy atom. The lowest BCUT2D eigenvalue weighted by atomic mass is 9.33. The minimum Gasteiger partial charge on any atom is -0.396 e. The maximum atomic E-state index is 12.6. The van der Waals surface area contributed by atoms with E-state index >= 15 is 0 Å². The summed E-state index contributed by atoms with van der Waals surface area (Å²) in [5, 5.41) is 138. The topological polar surface area (TPSA) is 328 Å². The molecule has 4 heterocycles. The van der Waals surface area contributed by atoms with Crippen molar-refractivity contribution < 1.29 is 99.5 Å². The van der Waals surface area contributed by atoms with E-state index in [4.69, 9.17) is 33.2 Å². The number of hydrogen-bond acceptors (Lipinski definition) is 20. The standard InChI is InChI=1S/C48H82O20/c1-22(19-62-41-37(59)34(56)31(53)25(16-49)64-41)24-8-13-48(21-63-24)15-14-46(4)23(40(48)61)6-7-29-44(2)11-10-30(45(3,20-52)28(44)9-12-47(29,46)5)67-43-39(36(58)33(55)27(18-51)66-43)68-42-38(60)35(57)32(54)26(17-50)65-42/h22-43,49-61H,6-21H2,1-5H3/t22-,23+,24+,25+,26+,27+,28+,29-,30-,31+,32+,33+,34-,35-,36-,37+,38+,39+,40+,41-,42+,43+,44+,45+,46-,47-,48-/m1/s1. The number of hydrogen-bond donors (Lipinski definition) is 13. The summed E-state index contributed by atoms with van der Waals surface area (Å²) in [6.45, 7) is 9.52. The number of rotatable bonds is 12. The molecule has 0 aromatic carbocycles. The van der Waals surface area contributed by atoms with Gasteiger partial charge in [-0.3, -0.25) is 0 Å². The summed E-state index contributed by atoms with van der Waals surface area (Å²) >= 11 is 0. The fourth-order valence-electron chi connectivity index (χ4n) is 15.4. The summed E-state index contributed by atoms with van der Waals surface area (Å²) in [5.41, 5.74) is -1.81. The lowest BCUT2D eigenvalue weighted by molar-refractivity contribution is -0.380. The summed E-state index contributed by atoms with van der Waals surface area (Å²) in [7, 11) is 0. The normalized spacial score (nSPS) is 55.8. The summed E-state index contributed by atoms with van der Waals surface area (Å²) in [6.07, 6.45) is -16.2. The predicted octanol–water partition coefficient (Wildman–Crippen LogP) is -1.98. The Hall–Kier alpha value is -0.800. The molecule has 20 nitrogen and oxygen atoms in total. The highest BCUT2D eigenvalue weighted by molar-refractivity contribution is 5.19. The molecule has 13 N–H and O–H groups in total. The quantitative estimate of drug-likeness (QED) is 0.0943. The van der Waals surface area contributed by atoms with Crippen LogP contribution in [0.5, 0.6) is 0 Å². The molecule has 8 fully saturated rings. The molecular formula is C48H82O20. The van der Waals surface area contributed by atoms with E-state index in [1.54, 1.807) is 0 Å². The largest absolute Gasteiger partial charge is 0.396 e. The third-order valence-corrected chi connectivity index (χ3v) is 20.0. The predicted molar refractivity (Wildman–Crippen MR) is 234 cm³/mol. The average Bonchev–Trinajstić information content (AvgIpc) is 3.33. The molecule has 4 aliphatic carbocycles. The minimum atomic E-state index is -1.81. The van der Waals surface area contributed by atoms with Gasteiger partial charge in [0.15, 0.2) is 18.9 Å². The van der Waals surface area contributed by atoms with Gasteiger partial charge in [0, 0.05) is 16.7 Å². The molecule has 0 bridgehead atoms. The lowest BCUT2D eigenvalue weighted by Crippen LogP contribution is -2.69. The molecule has 4 saturated carbocycles. The molecule has 1 spiro atoms. The third-order valence-electron chi connectivity index (χ3n) is 20.0. The highest BCUT2D eigenvalue weighted by Gasteiger charge is 2.71. The summed E-state index contributed by atoms with van der Waals surface area (Å²) < 4.78 is 42.3. The molecule has 394 valence electrons. The van der Waals surface area contributed by atoms with Gasteiger partial charge < -0.3 is 99.5 Å². The molecule has 8 rings (SSSR count). The molecule has 27 atom stereocenters. The molecule has 0 unspecified atom stereocenters. The third kappa shape index (κ3) is 8.66. The van der Waals surface area contributed by atoms with Crippen LogP contribution in [0.15, 0.2) is 0 Å². The van der Waals surface area contributed by atoms with Crippen molar-refractivity contribution in [2.24, 2.45) is 50.7 Å². The first-order valence-corrected chi connectivity index (χ1v) is 25.2. The number of ether oxygens (including phenoxy) is 7. The molecule has 20 heteroatoms. The Balaban J connectivity index is 0.933. The molecule has 0 aromatic rings. The highest BCUT2D eigenvalue weighted by Crippen LogP contribution is 2.75. The molecular weight excluding hydrogens is 897 g/mol. The number of aliphatic hydroxyl groups excluding tert-OH is 13. The van der Waals surface area contributed by atoms with Crippen LogP contribution in [0.2, 0.25) is 0 Å². The summed E-state index contributed by atoms with van der Waals surface area (Å²) in [6, 6.07) is 0. The van der Waals surface area contributed by atoms with E-state index in [1.165, 1.54) is 0 Å². The lowest BCUT2D eigenvalue weighted by Gasteiger charge is -2.73. The van der Waals surface area contributed by atoms with Crippen LogP contribution in [0.25, 0.3) is 0 Å². The van der Waals surface area contributed by atoms with E-state index < -0.39 is 135 Å². The molecule has 8 aliphatic rings. The Kier molecular flexibility index (Phi) is 15.8. The van der Waals surface area contributed by atoms with Crippen molar-refractivity contribution in [2.75, 3.05) is 39.6 Å². The summed E-state index contributed by atoms with van der Waals surface area (Å²) in [4.78, 5) is 0. The van der Waals surface area contributed by atoms with Gasteiger partial charge in [0.05, 0.1) is 58.0 Å². The van der Waals surface area contributed by atoms with E-state index in [-0.39, 0.29) is 59.2 Å². The average molecular weight is 979 g/mol. The highest BCUT2D eigenvalue weighted by atomic mass is 16.8. The monoisotopic (exact) mass is 979 g/mol. The van der Waals surface area contributed by atoms with Crippen LogP contribution in [-0.4, -0.2) is 216 Å². The van der Waals surface area contributed by atoms with Gasteiger partial charge in [0.2, 0.25) is 0 Å². The Bertz CT molecular complexity index is 1690. The minimum absolute atomic E-state index is 0.0234. The fourth-order valence-corrected chi connectivity index (χ4v) is 15.4. The van der Waals surface area contributed by atoms with E-state index in [0.717, 1.165) is 51.4 Å². The number of fused-ring (bicyclic) bond motifs is 5. The van der Waals surface area contributed by atoms with Gasteiger partial charge in [-0.1, -0.05) is 34.6 Å². The zero-order valence-electron chi connectivity index (χ0n) is 40.2. The van der Waals surface area contributed by atoms with Crippen molar-refractivity contribution in [3.05, 3.63) is 0 Å². The van der Waals surface area contributed by atoms with Crippen molar-refractivity contribution in [3.8, 4) is 0 Å². The van der Waals surface area contributed by atoms with E-state index in [9.17, 15) is 66.4 Å². The van der Waals surface area contributed by atoms with Crippen LogP contribution in [0, 0.1) is 50.7 Å². The van der Waals surface area contributed by atoms with Crippen LogP contribution in [0.3, 0.4) is 0 Å². The van der Waals surface area contributed by atoms with Gasteiger partial charge in [0.25, 0.3) is 0 Å². The smallest absolute Gasteiger partial charge is 0.187 e. The van der Waals surface area contributed by atoms with Gasteiger partial charge in [0.1, 0.15) is 73.2 Å². The van der Waals surface area contributed by atoms with Gasteiger partial charge in [-0.2, -0.15) is 0 Å². The van der Waals surface area contributed by atoms with Gasteiger partial charge in [-0.15, -0.1) is 0 Å². The second kappa shape index (κ2) is 20.1.